The highest BCUT2D eigenvalue weighted by Gasteiger charge is 2.29. The van der Waals surface area contributed by atoms with Crippen LogP contribution in [0.15, 0.2) is 4.52 Å². The molecule has 8 heteroatoms. The highest BCUT2D eigenvalue weighted by molar-refractivity contribution is 7.15. The molecule has 0 spiro atoms. The summed E-state index contributed by atoms with van der Waals surface area (Å²) in [6.07, 6.45) is 3.12. The number of aryl methyl sites for hydroxylation is 2. The number of carbonyl (C=O) groups is 1. The molecule has 2 N–H and O–H groups in total. The molecule has 2 aromatic rings. The molecule has 1 aliphatic carbocycles. The predicted molar refractivity (Wildman–Crippen MR) is 76.7 cm³/mol. The van der Waals surface area contributed by atoms with Crippen molar-refractivity contribution in [2.24, 2.45) is 0 Å². The summed E-state index contributed by atoms with van der Waals surface area (Å²) < 4.78 is 5.04. The van der Waals surface area contributed by atoms with Gasteiger partial charge in [0.1, 0.15) is 5.92 Å². The number of hydrogen-bond acceptors (Lipinski definition) is 7. The summed E-state index contributed by atoms with van der Waals surface area (Å²) in [7, 11) is 0. The van der Waals surface area contributed by atoms with Crippen LogP contribution in [0.4, 0.5) is 5.13 Å². The Balaban J connectivity index is 1.63. The number of hydrogen-bond donors (Lipinski definition) is 2. The maximum Gasteiger partial charge on any atom is 0.312 e. The Morgan fingerprint density at radius 2 is 2.38 bits per heavy atom. The van der Waals surface area contributed by atoms with Crippen LogP contribution in [0.1, 0.15) is 41.0 Å². The van der Waals surface area contributed by atoms with E-state index in [1.807, 2.05) is 0 Å². The van der Waals surface area contributed by atoms with E-state index < -0.39 is 11.9 Å². The maximum absolute atomic E-state index is 11.2. The number of anilines is 1. The summed E-state index contributed by atoms with van der Waals surface area (Å²) in [6, 6.07) is 0. The second kappa shape index (κ2) is 5.80. The smallest absolute Gasteiger partial charge is 0.312 e. The molecule has 7 nitrogen and oxygen atoms in total. The van der Waals surface area contributed by atoms with Crippen LogP contribution in [-0.2, 0) is 17.6 Å². The van der Waals surface area contributed by atoms with Gasteiger partial charge >= 0.3 is 5.97 Å². The zero-order valence-corrected chi connectivity index (χ0v) is 12.4. The second-order valence-electron chi connectivity index (χ2n) is 5.02. The van der Waals surface area contributed by atoms with Crippen molar-refractivity contribution >= 4 is 22.4 Å². The lowest BCUT2D eigenvalue weighted by atomic mass is 9.91. The van der Waals surface area contributed by atoms with E-state index in [1.165, 1.54) is 0 Å². The summed E-state index contributed by atoms with van der Waals surface area (Å²) in [5, 5.41) is 16.9. The van der Waals surface area contributed by atoms with Crippen LogP contribution in [0.2, 0.25) is 0 Å². The second-order valence-corrected chi connectivity index (χ2v) is 6.11. The SMILES string of the molecule is Cc1noc(CCNc2nc3c(s2)CCCC3C(=O)O)n1. The molecule has 1 atom stereocenters. The molecule has 3 rings (SSSR count). The van der Waals surface area contributed by atoms with Gasteiger partial charge in [-0.25, -0.2) is 4.98 Å². The lowest BCUT2D eigenvalue weighted by Crippen LogP contribution is -2.17. The number of nitrogens with zero attached hydrogens (tertiary/aromatic N) is 3. The predicted octanol–water partition coefficient (Wildman–Crippen LogP) is 1.99. The molecule has 0 aromatic carbocycles. The normalized spacial score (nSPS) is 17.5. The quantitative estimate of drug-likeness (QED) is 0.871. The minimum atomic E-state index is -0.783. The van der Waals surface area contributed by atoms with E-state index in [0.29, 0.717) is 31.1 Å². The molecule has 0 saturated heterocycles. The van der Waals surface area contributed by atoms with Gasteiger partial charge in [0, 0.05) is 17.8 Å². The van der Waals surface area contributed by atoms with E-state index in [4.69, 9.17) is 4.52 Å². The van der Waals surface area contributed by atoms with E-state index in [9.17, 15) is 9.90 Å². The van der Waals surface area contributed by atoms with E-state index in [0.717, 1.165) is 28.5 Å². The number of carboxylic acid groups (broad SMARTS) is 1. The summed E-state index contributed by atoms with van der Waals surface area (Å²) in [5.41, 5.74) is 0.731. The Bertz CT molecular complexity index is 652. The van der Waals surface area contributed by atoms with Crippen LogP contribution in [0.3, 0.4) is 0 Å². The summed E-state index contributed by atoms with van der Waals surface area (Å²) in [4.78, 5) is 20.9. The third kappa shape index (κ3) is 3.05. The van der Waals surface area contributed by atoms with Gasteiger partial charge in [0.15, 0.2) is 11.0 Å². The van der Waals surface area contributed by atoms with E-state index in [2.05, 4.69) is 20.4 Å². The number of rotatable bonds is 5. The van der Waals surface area contributed by atoms with Crippen molar-refractivity contribution in [2.45, 2.75) is 38.5 Å². The fraction of sp³-hybridized carbons (Fsp3) is 0.538. The van der Waals surface area contributed by atoms with Gasteiger partial charge in [0.05, 0.1) is 5.69 Å². The maximum atomic E-state index is 11.2. The largest absolute Gasteiger partial charge is 0.481 e. The van der Waals surface area contributed by atoms with Crippen LogP contribution < -0.4 is 5.32 Å². The number of nitrogens with one attached hydrogen (secondary N) is 1. The molecule has 0 fully saturated rings. The number of thiazole rings is 1. The summed E-state index contributed by atoms with van der Waals surface area (Å²) in [5.74, 6) is -0.0305. The van der Waals surface area contributed by atoms with Crippen molar-refractivity contribution in [1.29, 1.82) is 0 Å². The van der Waals surface area contributed by atoms with Gasteiger partial charge < -0.3 is 14.9 Å². The van der Waals surface area contributed by atoms with Crippen molar-refractivity contribution in [3.63, 3.8) is 0 Å². The fourth-order valence-electron chi connectivity index (χ4n) is 2.45. The minimum absolute atomic E-state index is 0.459. The molecule has 0 radical (unpaired) electrons. The lowest BCUT2D eigenvalue weighted by Gasteiger charge is -2.16. The first kappa shape index (κ1) is 14.0. The van der Waals surface area contributed by atoms with Crippen LogP contribution in [0, 0.1) is 6.92 Å². The topological polar surface area (TPSA) is 101 Å². The first-order chi connectivity index (χ1) is 10.1. The Labute approximate surface area is 125 Å². The standard InChI is InChI=1S/C13H16N4O3S/c1-7-15-10(20-17-7)5-6-14-13-16-11-8(12(18)19)3-2-4-9(11)21-13/h8H,2-6H2,1H3,(H,14,16)(H,18,19). The van der Waals surface area contributed by atoms with Crippen LogP contribution in [0.5, 0.6) is 0 Å². The van der Waals surface area contributed by atoms with Gasteiger partial charge in [0.2, 0.25) is 5.89 Å². The lowest BCUT2D eigenvalue weighted by molar-refractivity contribution is -0.139. The summed E-state index contributed by atoms with van der Waals surface area (Å²) in [6.45, 7) is 2.41. The Kier molecular flexibility index (Phi) is 3.87. The Hall–Kier alpha value is -1.96. The van der Waals surface area contributed by atoms with Crippen LogP contribution in [0.25, 0.3) is 0 Å². The third-order valence-corrected chi connectivity index (χ3v) is 4.53. The van der Waals surface area contributed by atoms with Crippen molar-refractivity contribution in [3.05, 3.63) is 22.3 Å². The van der Waals surface area contributed by atoms with Crippen LogP contribution >= 0.6 is 11.3 Å². The average Bonchev–Trinajstić information content (AvgIpc) is 3.04. The molecule has 21 heavy (non-hydrogen) atoms. The molecule has 2 heterocycles. The molecule has 112 valence electrons. The van der Waals surface area contributed by atoms with Gasteiger partial charge in [-0.15, -0.1) is 11.3 Å². The van der Waals surface area contributed by atoms with Crippen LogP contribution in [-0.4, -0.2) is 32.7 Å². The van der Waals surface area contributed by atoms with E-state index in [1.54, 1.807) is 18.3 Å². The first-order valence-electron chi connectivity index (χ1n) is 6.89. The number of carboxylic acids is 1. The van der Waals surface area contributed by atoms with E-state index in [-0.39, 0.29) is 0 Å². The Morgan fingerprint density at radius 1 is 1.52 bits per heavy atom. The van der Waals surface area contributed by atoms with Gasteiger partial charge in [0.25, 0.3) is 0 Å². The Morgan fingerprint density at radius 3 is 3.10 bits per heavy atom. The van der Waals surface area contributed by atoms with Gasteiger partial charge in [-0.1, -0.05) is 5.16 Å². The van der Waals surface area contributed by atoms with Gasteiger partial charge in [-0.3, -0.25) is 4.79 Å². The fourth-order valence-corrected chi connectivity index (χ4v) is 3.54. The molecular weight excluding hydrogens is 292 g/mol. The highest BCUT2D eigenvalue weighted by Crippen LogP contribution is 2.36. The first-order valence-corrected chi connectivity index (χ1v) is 7.70. The zero-order valence-electron chi connectivity index (χ0n) is 11.6. The number of aromatic nitrogens is 3. The third-order valence-electron chi connectivity index (χ3n) is 3.44. The minimum Gasteiger partial charge on any atom is -0.481 e. The molecule has 0 saturated carbocycles. The molecule has 1 aliphatic rings. The van der Waals surface area contributed by atoms with E-state index >= 15 is 0 Å². The number of fused-ring (bicyclic) bond motifs is 1. The molecule has 0 amide bonds. The van der Waals surface area contributed by atoms with Crippen molar-refractivity contribution < 1.29 is 14.4 Å². The average molecular weight is 308 g/mol. The monoisotopic (exact) mass is 308 g/mol. The highest BCUT2D eigenvalue weighted by atomic mass is 32.1. The summed E-state index contributed by atoms with van der Waals surface area (Å²) >= 11 is 1.54. The van der Waals surface area contributed by atoms with Gasteiger partial charge in [-0.2, -0.15) is 4.98 Å². The molecule has 2 aromatic heterocycles. The van der Waals surface area contributed by atoms with Crippen molar-refractivity contribution in [2.75, 3.05) is 11.9 Å². The molecular formula is C13H16N4O3S. The van der Waals surface area contributed by atoms with Gasteiger partial charge in [-0.05, 0) is 26.2 Å². The van der Waals surface area contributed by atoms with Crippen molar-refractivity contribution in [3.8, 4) is 0 Å². The molecule has 1 unspecified atom stereocenters. The van der Waals surface area contributed by atoms with Crippen molar-refractivity contribution in [1.82, 2.24) is 15.1 Å². The number of aliphatic carboxylic acids is 1. The zero-order chi connectivity index (χ0) is 14.8. The molecule has 0 aliphatic heterocycles. The molecule has 0 bridgehead atoms.